The summed E-state index contributed by atoms with van der Waals surface area (Å²) in [5.74, 6) is 2.12. The number of hydrogen-bond acceptors (Lipinski definition) is 4. The van der Waals surface area contributed by atoms with Gasteiger partial charge in [0, 0.05) is 17.7 Å². The van der Waals surface area contributed by atoms with E-state index in [2.05, 4.69) is 25.8 Å². The number of H-pyrrole nitrogens is 1. The van der Waals surface area contributed by atoms with Crippen LogP contribution in [-0.4, -0.2) is 34.2 Å². The van der Waals surface area contributed by atoms with Crippen LogP contribution in [0.15, 0.2) is 18.2 Å². The number of nitrogens with one attached hydrogen (secondary N) is 3. The van der Waals surface area contributed by atoms with Crippen molar-refractivity contribution in [1.82, 2.24) is 20.5 Å². The number of halogens is 1. The number of aryl methyl sites for hydroxylation is 2. The van der Waals surface area contributed by atoms with E-state index in [1.165, 1.54) is 6.42 Å². The van der Waals surface area contributed by atoms with Crippen molar-refractivity contribution < 1.29 is 4.79 Å². The summed E-state index contributed by atoms with van der Waals surface area (Å²) in [6.07, 6.45) is 2.68. The molecule has 24 heavy (non-hydrogen) atoms. The fourth-order valence-electron chi connectivity index (χ4n) is 2.88. The molecule has 1 fully saturated rings. The minimum absolute atomic E-state index is 0. The standard InChI is InChI=1S/C17H23N5O.ClH/c1-11-3-5-14(17-19-12(2)21-22-17)9-15(11)20-16(23)6-4-13-7-8-18-10-13;/h3,5,9,13,18H,4,6-8,10H2,1-2H3,(H,20,23)(H,19,21,22);1H. The molecule has 7 heteroatoms. The molecule has 1 aromatic heterocycles. The number of amides is 1. The second-order valence-corrected chi connectivity index (χ2v) is 6.22. The molecule has 2 aromatic rings. The van der Waals surface area contributed by atoms with E-state index >= 15 is 0 Å². The zero-order chi connectivity index (χ0) is 16.2. The minimum Gasteiger partial charge on any atom is -0.326 e. The van der Waals surface area contributed by atoms with Gasteiger partial charge >= 0.3 is 0 Å². The van der Waals surface area contributed by atoms with Gasteiger partial charge in [0.2, 0.25) is 5.91 Å². The second-order valence-electron chi connectivity index (χ2n) is 6.22. The molecule has 0 saturated carbocycles. The van der Waals surface area contributed by atoms with Gasteiger partial charge in [-0.05, 0) is 57.3 Å². The van der Waals surface area contributed by atoms with Crippen LogP contribution in [0.4, 0.5) is 5.69 Å². The van der Waals surface area contributed by atoms with Crippen LogP contribution in [0.1, 0.15) is 30.7 Å². The fourth-order valence-corrected chi connectivity index (χ4v) is 2.88. The summed E-state index contributed by atoms with van der Waals surface area (Å²) in [7, 11) is 0. The van der Waals surface area contributed by atoms with E-state index in [0.29, 0.717) is 18.2 Å². The van der Waals surface area contributed by atoms with Crippen LogP contribution >= 0.6 is 12.4 Å². The molecule has 3 N–H and O–H groups in total. The van der Waals surface area contributed by atoms with Gasteiger partial charge in [-0.15, -0.1) is 12.4 Å². The molecule has 1 aliphatic rings. The normalized spacial score (nSPS) is 16.7. The molecule has 1 amide bonds. The van der Waals surface area contributed by atoms with E-state index in [0.717, 1.165) is 42.1 Å². The summed E-state index contributed by atoms with van der Waals surface area (Å²) in [6.45, 7) is 5.96. The Morgan fingerprint density at radius 1 is 1.38 bits per heavy atom. The molecule has 0 radical (unpaired) electrons. The lowest BCUT2D eigenvalue weighted by Crippen LogP contribution is -2.15. The molecule has 0 aliphatic carbocycles. The minimum atomic E-state index is 0. The lowest BCUT2D eigenvalue weighted by molar-refractivity contribution is -0.116. The lowest BCUT2D eigenvalue weighted by Gasteiger charge is -2.11. The Kier molecular flexibility index (Phi) is 6.34. The molecular formula is C17H24ClN5O. The molecule has 1 aliphatic heterocycles. The summed E-state index contributed by atoms with van der Waals surface area (Å²) in [5.41, 5.74) is 2.77. The summed E-state index contributed by atoms with van der Waals surface area (Å²) >= 11 is 0. The molecule has 1 atom stereocenters. The van der Waals surface area contributed by atoms with E-state index < -0.39 is 0 Å². The highest BCUT2D eigenvalue weighted by atomic mass is 35.5. The first-order valence-electron chi connectivity index (χ1n) is 8.12. The highest BCUT2D eigenvalue weighted by Crippen LogP contribution is 2.23. The van der Waals surface area contributed by atoms with E-state index in [1.807, 2.05) is 32.0 Å². The SMILES string of the molecule is Cc1nc(-c2ccc(C)c(NC(=O)CCC3CCNC3)c2)n[nH]1.Cl. The Morgan fingerprint density at radius 3 is 2.88 bits per heavy atom. The molecule has 1 aromatic carbocycles. The average Bonchev–Trinajstić information content (AvgIpc) is 3.19. The quantitative estimate of drug-likeness (QED) is 0.775. The van der Waals surface area contributed by atoms with Gasteiger partial charge in [0.1, 0.15) is 5.82 Å². The van der Waals surface area contributed by atoms with Crippen LogP contribution in [0.2, 0.25) is 0 Å². The molecule has 1 saturated heterocycles. The predicted molar refractivity (Wildman–Crippen MR) is 97.4 cm³/mol. The number of benzene rings is 1. The van der Waals surface area contributed by atoms with Crippen molar-refractivity contribution >= 4 is 24.0 Å². The van der Waals surface area contributed by atoms with Gasteiger partial charge in [-0.2, -0.15) is 5.10 Å². The summed E-state index contributed by atoms with van der Waals surface area (Å²) in [4.78, 5) is 16.5. The molecule has 2 heterocycles. The Bertz CT molecular complexity index is 694. The first-order valence-corrected chi connectivity index (χ1v) is 8.12. The van der Waals surface area contributed by atoms with Crippen LogP contribution in [0.5, 0.6) is 0 Å². The predicted octanol–water partition coefficient (Wildman–Crippen LogP) is 2.84. The van der Waals surface area contributed by atoms with Crippen molar-refractivity contribution in [3.05, 3.63) is 29.6 Å². The molecule has 1 unspecified atom stereocenters. The Labute approximate surface area is 148 Å². The van der Waals surface area contributed by atoms with E-state index in [9.17, 15) is 4.79 Å². The van der Waals surface area contributed by atoms with Crippen molar-refractivity contribution in [2.24, 2.45) is 5.92 Å². The van der Waals surface area contributed by atoms with Gasteiger partial charge in [0.15, 0.2) is 5.82 Å². The first kappa shape index (κ1) is 18.4. The maximum absolute atomic E-state index is 12.2. The topological polar surface area (TPSA) is 82.7 Å². The zero-order valence-electron chi connectivity index (χ0n) is 14.1. The second kappa shape index (κ2) is 8.26. The van der Waals surface area contributed by atoms with Crippen LogP contribution in [-0.2, 0) is 4.79 Å². The van der Waals surface area contributed by atoms with Crippen LogP contribution in [0, 0.1) is 19.8 Å². The number of carbonyl (C=O) groups excluding carboxylic acids is 1. The van der Waals surface area contributed by atoms with Crippen molar-refractivity contribution in [3.8, 4) is 11.4 Å². The van der Waals surface area contributed by atoms with Crippen molar-refractivity contribution in [1.29, 1.82) is 0 Å². The van der Waals surface area contributed by atoms with Gasteiger partial charge in [-0.3, -0.25) is 9.89 Å². The smallest absolute Gasteiger partial charge is 0.224 e. The van der Waals surface area contributed by atoms with E-state index in [4.69, 9.17) is 0 Å². The Morgan fingerprint density at radius 2 is 2.21 bits per heavy atom. The molecule has 0 bridgehead atoms. The van der Waals surface area contributed by atoms with Crippen LogP contribution < -0.4 is 10.6 Å². The van der Waals surface area contributed by atoms with Crippen molar-refractivity contribution in [2.75, 3.05) is 18.4 Å². The van der Waals surface area contributed by atoms with E-state index in [1.54, 1.807) is 0 Å². The third-order valence-corrected chi connectivity index (χ3v) is 4.31. The summed E-state index contributed by atoms with van der Waals surface area (Å²) in [5, 5.41) is 13.4. The zero-order valence-corrected chi connectivity index (χ0v) is 14.9. The first-order chi connectivity index (χ1) is 11.1. The van der Waals surface area contributed by atoms with Gasteiger partial charge in [-0.25, -0.2) is 4.98 Å². The molecular weight excluding hydrogens is 326 g/mol. The lowest BCUT2D eigenvalue weighted by atomic mass is 10.0. The highest BCUT2D eigenvalue weighted by Gasteiger charge is 2.16. The average molecular weight is 350 g/mol. The van der Waals surface area contributed by atoms with Gasteiger partial charge in [0.05, 0.1) is 0 Å². The van der Waals surface area contributed by atoms with Gasteiger partial charge < -0.3 is 10.6 Å². The maximum atomic E-state index is 12.2. The summed E-state index contributed by atoms with van der Waals surface area (Å²) < 4.78 is 0. The van der Waals surface area contributed by atoms with Crippen molar-refractivity contribution in [2.45, 2.75) is 33.1 Å². The number of rotatable bonds is 5. The number of aromatic amines is 1. The molecule has 3 rings (SSSR count). The largest absolute Gasteiger partial charge is 0.326 e. The number of anilines is 1. The van der Waals surface area contributed by atoms with Gasteiger partial charge in [-0.1, -0.05) is 12.1 Å². The van der Waals surface area contributed by atoms with E-state index in [-0.39, 0.29) is 18.3 Å². The third kappa shape index (κ3) is 4.55. The highest BCUT2D eigenvalue weighted by molar-refractivity contribution is 5.92. The van der Waals surface area contributed by atoms with Gasteiger partial charge in [0.25, 0.3) is 0 Å². The fraction of sp³-hybridized carbons (Fsp3) is 0.471. The molecule has 130 valence electrons. The Balaban J connectivity index is 0.00000208. The van der Waals surface area contributed by atoms with Crippen LogP contribution in [0.3, 0.4) is 0 Å². The number of hydrogen-bond donors (Lipinski definition) is 3. The number of aromatic nitrogens is 3. The monoisotopic (exact) mass is 349 g/mol. The summed E-state index contributed by atoms with van der Waals surface area (Å²) in [6, 6.07) is 5.89. The number of carbonyl (C=O) groups is 1. The van der Waals surface area contributed by atoms with Crippen molar-refractivity contribution in [3.63, 3.8) is 0 Å². The third-order valence-electron chi connectivity index (χ3n) is 4.31. The number of nitrogens with zero attached hydrogens (tertiary/aromatic N) is 2. The van der Waals surface area contributed by atoms with Crippen LogP contribution in [0.25, 0.3) is 11.4 Å². The Hall–Kier alpha value is -1.92. The molecule has 0 spiro atoms. The molecule has 6 nitrogen and oxygen atoms in total. The maximum Gasteiger partial charge on any atom is 0.224 e.